The molecular weight excluding hydrogens is 250 g/mol. The fraction of sp³-hybridized carbons (Fsp3) is 0.667. The Morgan fingerprint density at radius 2 is 2.50 bits per heavy atom. The van der Waals surface area contributed by atoms with Crippen LogP contribution < -0.4 is 5.73 Å². The van der Waals surface area contributed by atoms with Crippen molar-refractivity contribution < 1.29 is 9.53 Å². The minimum atomic E-state index is -0.0554. The van der Waals surface area contributed by atoms with Crippen molar-refractivity contribution in [2.24, 2.45) is 5.73 Å². The van der Waals surface area contributed by atoms with E-state index in [4.69, 9.17) is 10.5 Å². The van der Waals surface area contributed by atoms with Crippen molar-refractivity contribution in [1.29, 1.82) is 0 Å². The average Bonchev–Trinajstić information content (AvgIpc) is 2.87. The van der Waals surface area contributed by atoms with Crippen LogP contribution in [-0.4, -0.2) is 42.1 Å². The van der Waals surface area contributed by atoms with Crippen molar-refractivity contribution in [3.8, 4) is 0 Å². The number of hydrogen-bond donors (Lipinski definition) is 1. The van der Waals surface area contributed by atoms with E-state index < -0.39 is 0 Å². The van der Waals surface area contributed by atoms with Gasteiger partial charge in [-0.3, -0.25) is 4.79 Å². The van der Waals surface area contributed by atoms with E-state index in [1.165, 1.54) is 17.8 Å². The molecule has 1 aromatic rings. The summed E-state index contributed by atoms with van der Waals surface area (Å²) in [5.41, 5.74) is 5.98. The lowest BCUT2D eigenvalue weighted by Crippen LogP contribution is -2.37. The number of hydrogen-bond acceptors (Lipinski definition) is 5. The maximum absolute atomic E-state index is 12.1. The van der Waals surface area contributed by atoms with Gasteiger partial charge in [0.15, 0.2) is 0 Å². The van der Waals surface area contributed by atoms with Crippen LogP contribution in [-0.2, 0) is 11.3 Å². The van der Waals surface area contributed by atoms with E-state index in [-0.39, 0.29) is 12.0 Å². The SMILES string of the molecule is CN(CC1CCCCO1)C(=O)c1csc(CN)n1. The van der Waals surface area contributed by atoms with Crippen LogP contribution in [0.1, 0.15) is 34.8 Å². The van der Waals surface area contributed by atoms with E-state index in [0.29, 0.717) is 18.8 Å². The molecule has 0 spiro atoms. The molecule has 1 aromatic heterocycles. The lowest BCUT2D eigenvalue weighted by molar-refractivity contribution is -0.000278. The van der Waals surface area contributed by atoms with Gasteiger partial charge in [-0.05, 0) is 19.3 Å². The third kappa shape index (κ3) is 3.28. The number of thiazole rings is 1. The second-order valence-corrected chi connectivity index (χ2v) is 5.45. The summed E-state index contributed by atoms with van der Waals surface area (Å²) >= 11 is 1.43. The van der Waals surface area contributed by atoms with E-state index >= 15 is 0 Å². The molecule has 0 aliphatic carbocycles. The number of ether oxygens (including phenoxy) is 1. The lowest BCUT2D eigenvalue weighted by atomic mass is 10.1. The number of carbonyl (C=O) groups excluding carboxylic acids is 1. The Hall–Kier alpha value is -0.980. The smallest absolute Gasteiger partial charge is 0.273 e. The fourth-order valence-electron chi connectivity index (χ4n) is 2.04. The number of amides is 1. The van der Waals surface area contributed by atoms with Gasteiger partial charge >= 0.3 is 0 Å². The summed E-state index contributed by atoms with van der Waals surface area (Å²) < 4.78 is 5.63. The zero-order chi connectivity index (χ0) is 13.0. The van der Waals surface area contributed by atoms with Crippen molar-refractivity contribution >= 4 is 17.2 Å². The highest BCUT2D eigenvalue weighted by Crippen LogP contribution is 2.15. The fourth-order valence-corrected chi connectivity index (χ4v) is 2.69. The molecule has 2 N–H and O–H groups in total. The van der Waals surface area contributed by atoms with E-state index in [0.717, 1.165) is 24.5 Å². The van der Waals surface area contributed by atoms with Crippen molar-refractivity contribution in [2.75, 3.05) is 20.2 Å². The Morgan fingerprint density at radius 1 is 1.67 bits per heavy atom. The first-order chi connectivity index (χ1) is 8.70. The molecule has 1 atom stereocenters. The molecule has 2 rings (SSSR count). The summed E-state index contributed by atoms with van der Waals surface area (Å²) in [4.78, 5) is 18.0. The van der Waals surface area contributed by atoms with Gasteiger partial charge < -0.3 is 15.4 Å². The Balaban J connectivity index is 1.91. The average molecular weight is 269 g/mol. The van der Waals surface area contributed by atoms with E-state index in [1.54, 1.807) is 17.3 Å². The summed E-state index contributed by atoms with van der Waals surface area (Å²) in [6.45, 7) is 1.82. The third-order valence-corrected chi connectivity index (χ3v) is 3.91. The molecule has 0 radical (unpaired) electrons. The predicted molar refractivity (Wildman–Crippen MR) is 70.6 cm³/mol. The van der Waals surface area contributed by atoms with E-state index in [9.17, 15) is 4.79 Å². The molecule has 18 heavy (non-hydrogen) atoms. The van der Waals surface area contributed by atoms with Gasteiger partial charge in [0.2, 0.25) is 0 Å². The van der Waals surface area contributed by atoms with Crippen LogP contribution in [0.25, 0.3) is 0 Å². The van der Waals surface area contributed by atoms with Crippen LogP contribution in [0.2, 0.25) is 0 Å². The number of rotatable bonds is 4. The first kappa shape index (κ1) is 13.5. The molecule has 0 aromatic carbocycles. The molecule has 1 saturated heterocycles. The molecule has 1 aliphatic heterocycles. The maximum Gasteiger partial charge on any atom is 0.273 e. The van der Waals surface area contributed by atoms with E-state index in [1.807, 2.05) is 0 Å². The quantitative estimate of drug-likeness (QED) is 0.893. The third-order valence-electron chi connectivity index (χ3n) is 3.04. The first-order valence-electron chi connectivity index (χ1n) is 6.22. The van der Waals surface area contributed by atoms with Gasteiger partial charge in [-0.15, -0.1) is 11.3 Å². The van der Waals surface area contributed by atoms with Gasteiger partial charge in [-0.2, -0.15) is 0 Å². The van der Waals surface area contributed by atoms with Gasteiger partial charge in [-0.25, -0.2) is 4.98 Å². The normalized spacial score (nSPS) is 19.8. The standard InChI is InChI=1S/C12H19N3O2S/c1-15(7-9-4-2-3-5-17-9)12(16)10-8-18-11(6-13)14-10/h8-9H,2-7,13H2,1H3. The molecule has 1 aliphatic rings. The van der Waals surface area contributed by atoms with Crippen LogP contribution in [0.4, 0.5) is 0 Å². The summed E-state index contributed by atoms with van der Waals surface area (Å²) in [6.07, 6.45) is 3.50. The predicted octanol–water partition coefficient (Wildman–Crippen LogP) is 1.24. The largest absolute Gasteiger partial charge is 0.376 e. The summed E-state index contributed by atoms with van der Waals surface area (Å²) in [5, 5.41) is 2.56. The number of carbonyl (C=O) groups is 1. The summed E-state index contributed by atoms with van der Waals surface area (Å²) in [5.74, 6) is -0.0554. The summed E-state index contributed by atoms with van der Waals surface area (Å²) in [6, 6.07) is 0. The van der Waals surface area contributed by atoms with Gasteiger partial charge in [0.25, 0.3) is 5.91 Å². The highest BCUT2D eigenvalue weighted by atomic mass is 32.1. The molecule has 100 valence electrons. The van der Waals surface area contributed by atoms with Gasteiger partial charge in [-0.1, -0.05) is 0 Å². The summed E-state index contributed by atoms with van der Waals surface area (Å²) in [7, 11) is 1.79. The molecule has 6 heteroatoms. The molecule has 1 amide bonds. The second-order valence-electron chi connectivity index (χ2n) is 4.50. The lowest BCUT2D eigenvalue weighted by Gasteiger charge is -2.27. The number of aromatic nitrogens is 1. The monoisotopic (exact) mass is 269 g/mol. The Bertz CT molecular complexity index is 402. The first-order valence-corrected chi connectivity index (χ1v) is 7.10. The Kier molecular flexibility index (Phi) is 4.68. The van der Waals surface area contributed by atoms with Crippen LogP contribution >= 0.6 is 11.3 Å². The minimum absolute atomic E-state index is 0.0554. The molecule has 2 heterocycles. The molecular formula is C12H19N3O2S. The molecule has 0 saturated carbocycles. The Morgan fingerprint density at radius 3 is 3.11 bits per heavy atom. The molecule has 1 fully saturated rings. The van der Waals surface area contributed by atoms with Gasteiger partial charge in [0.1, 0.15) is 10.7 Å². The van der Waals surface area contributed by atoms with E-state index in [2.05, 4.69) is 4.98 Å². The number of likely N-dealkylation sites (N-methyl/N-ethyl adjacent to an activating group) is 1. The van der Waals surface area contributed by atoms with Gasteiger partial charge in [0.05, 0.1) is 6.10 Å². The number of nitrogens with two attached hydrogens (primary N) is 1. The van der Waals surface area contributed by atoms with Crippen molar-refractivity contribution in [3.05, 3.63) is 16.1 Å². The van der Waals surface area contributed by atoms with Crippen LogP contribution in [0.15, 0.2) is 5.38 Å². The van der Waals surface area contributed by atoms with Crippen molar-refractivity contribution in [1.82, 2.24) is 9.88 Å². The zero-order valence-corrected chi connectivity index (χ0v) is 11.4. The highest BCUT2D eigenvalue weighted by Gasteiger charge is 2.21. The van der Waals surface area contributed by atoms with Crippen molar-refractivity contribution in [2.45, 2.75) is 31.9 Å². The second kappa shape index (κ2) is 6.26. The van der Waals surface area contributed by atoms with Crippen molar-refractivity contribution in [3.63, 3.8) is 0 Å². The molecule has 5 nitrogen and oxygen atoms in total. The van der Waals surface area contributed by atoms with Crippen LogP contribution in [0, 0.1) is 0 Å². The molecule has 0 bridgehead atoms. The molecule has 1 unspecified atom stereocenters. The number of nitrogens with zero attached hydrogens (tertiary/aromatic N) is 2. The van der Waals surface area contributed by atoms with Crippen LogP contribution in [0.3, 0.4) is 0 Å². The topological polar surface area (TPSA) is 68.5 Å². The highest BCUT2D eigenvalue weighted by molar-refractivity contribution is 7.09. The minimum Gasteiger partial charge on any atom is -0.376 e. The van der Waals surface area contributed by atoms with Gasteiger partial charge in [0, 0.05) is 32.1 Å². The Labute approximate surface area is 111 Å². The van der Waals surface area contributed by atoms with Crippen LogP contribution in [0.5, 0.6) is 0 Å². The zero-order valence-electron chi connectivity index (χ0n) is 10.6. The maximum atomic E-state index is 12.1.